The topological polar surface area (TPSA) is 365 Å². The first-order valence-corrected chi connectivity index (χ1v) is 24.1. The zero-order valence-corrected chi connectivity index (χ0v) is 42.3. The lowest BCUT2D eigenvalue weighted by Crippen LogP contribution is -2.57. The predicted octanol–water partition coefficient (Wildman–Crippen LogP) is -1.23. The molecule has 0 spiro atoms. The number of nitrogens with two attached hydrogens (primary N) is 2. The van der Waals surface area contributed by atoms with Crippen molar-refractivity contribution in [3.63, 3.8) is 0 Å². The Kier molecular flexibility index (Phi) is 43.2. The van der Waals surface area contributed by atoms with E-state index in [0.29, 0.717) is 58.9 Å². The molecule has 0 saturated carbocycles. The van der Waals surface area contributed by atoms with Crippen molar-refractivity contribution >= 4 is 53.2 Å². The van der Waals surface area contributed by atoms with E-state index in [1.54, 1.807) is 13.8 Å². The van der Waals surface area contributed by atoms with Crippen molar-refractivity contribution < 1.29 is 76.7 Å². The van der Waals surface area contributed by atoms with Crippen LogP contribution in [-0.4, -0.2) is 188 Å². The molecular formula is C45H85N9O16. The van der Waals surface area contributed by atoms with Crippen LogP contribution >= 0.6 is 0 Å². The van der Waals surface area contributed by atoms with Crippen LogP contribution in [-0.2, 0) is 66.8 Å². The average Bonchev–Trinajstić information content (AvgIpc) is 3.30. The Bertz CT molecular complexity index is 1490. The van der Waals surface area contributed by atoms with Gasteiger partial charge in [-0.3, -0.25) is 38.4 Å². The molecule has 0 bridgehead atoms. The van der Waals surface area contributed by atoms with Crippen LogP contribution in [0.4, 0.5) is 4.79 Å². The number of carbonyl (C=O) groups is 9. The molecule has 12 N–H and O–H groups in total. The average molecular weight is 1010 g/mol. The Morgan fingerprint density at radius 2 is 0.971 bits per heavy atom. The zero-order chi connectivity index (χ0) is 53.0. The quantitative estimate of drug-likeness (QED) is 0.0320. The number of carboxylic acids is 1. The SMILES string of the molecule is CC.CC(=O)NC(CCCCN)C(=O)NCCOCCOCCOCCC(=O)NCCOCCOCCOCCC(=O)NC(CCC(=O)O)C(=O)NC(C(=O)NC(CCCNC(N)=O)C(C)=O)C(C)C. The first-order valence-electron chi connectivity index (χ1n) is 24.1. The van der Waals surface area contributed by atoms with Crippen LogP contribution in [0.2, 0.25) is 0 Å². The molecule has 0 radical (unpaired) electrons. The Morgan fingerprint density at radius 1 is 0.486 bits per heavy atom. The third-order valence-electron chi connectivity index (χ3n) is 9.51. The number of primary amides is 1. The summed E-state index contributed by atoms with van der Waals surface area (Å²) in [4.78, 5) is 109. The van der Waals surface area contributed by atoms with Gasteiger partial charge < -0.3 is 82.2 Å². The van der Waals surface area contributed by atoms with Gasteiger partial charge >= 0.3 is 12.0 Å². The summed E-state index contributed by atoms with van der Waals surface area (Å²) in [5.41, 5.74) is 10.5. The summed E-state index contributed by atoms with van der Waals surface area (Å²) >= 11 is 0. The van der Waals surface area contributed by atoms with Gasteiger partial charge in [0.25, 0.3) is 0 Å². The normalized spacial score (nSPS) is 12.5. The molecule has 0 aliphatic heterocycles. The van der Waals surface area contributed by atoms with E-state index in [2.05, 4.69) is 37.2 Å². The highest BCUT2D eigenvalue weighted by Crippen LogP contribution is 2.08. The Labute approximate surface area is 412 Å². The number of hydrogen-bond donors (Lipinski definition) is 10. The van der Waals surface area contributed by atoms with Crippen LogP contribution in [0.15, 0.2) is 0 Å². The molecule has 0 saturated heterocycles. The molecule has 0 rings (SSSR count). The number of carbonyl (C=O) groups excluding carboxylic acids is 8. The summed E-state index contributed by atoms with van der Waals surface area (Å²) in [5.74, 6) is -4.69. The summed E-state index contributed by atoms with van der Waals surface area (Å²) < 4.78 is 32.6. The van der Waals surface area contributed by atoms with Crippen molar-refractivity contribution in [3.8, 4) is 0 Å². The maximum atomic E-state index is 13.2. The second-order valence-corrected chi connectivity index (χ2v) is 15.7. The van der Waals surface area contributed by atoms with Crippen molar-refractivity contribution in [1.29, 1.82) is 0 Å². The highest BCUT2D eigenvalue weighted by atomic mass is 16.5. The minimum Gasteiger partial charge on any atom is -0.481 e. The zero-order valence-electron chi connectivity index (χ0n) is 42.3. The molecule has 0 aromatic carbocycles. The van der Waals surface area contributed by atoms with Gasteiger partial charge in [0.05, 0.1) is 85.3 Å². The van der Waals surface area contributed by atoms with Crippen LogP contribution in [0.25, 0.3) is 0 Å². The Morgan fingerprint density at radius 3 is 1.46 bits per heavy atom. The highest BCUT2D eigenvalue weighted by Gasteiger charge is 2.31. The van der Waals surface area contributed by atoms with Crippen molar-refractivity contribution in [2.24, 2.45) is 17.4 Å². The fourth-order valence-electron chi connectivity index (χ4n) is 5.89. The van der Waals surface area contributed by atoms with Crippen LogP contribution in [0.5, 0.6) is 0 Å². The number of amides is 8. The molecule has 25 heteroatoms. The Balaban J connectivity index is 0. The summed E-state index contributed by atoms with van der Waals surface area (Å²) in [6.45, 7) is 14.3. The highest BCUT2D eigenvalue weighted by molar-refractivity contribution is 5.94. The van der Waals surface area contributed by atoms with E-state index in [1.807, 2.05) is 13.8 Å². The van der Waals surface area contributed by atoms with Crippen LogP contribution in [0, 0.1) is 5.92 Å². The maximum Gasteiger partial charge on any atom is 0.312 e. The smallest absolute Gasteiger partial charge is 0.312 e. The molecule has 0 aliphatic carbocycles. The number of ether oxygens (including phenoxy) is 6. The summed E-state index contributed by atoms with van der Waals surface area (Å²) in [5, 5.41) is 27.4. The third kappa shape index (κ3) is 39.8. The molecular weight excluding hydrogens is 923 g/mol. The molecule has 0 heterocycles. The predicted molar refractivity (Wildman–Crippen MR) is 257 cm³/mol. The molecule has 4 unspecified atom stereocenters. The van der Waals surface area contributed by atoms with Crippen molar-refractivity contribution in [2.75, 3.05) is 105 Å². The molecule has 0 fully saturated rings. The van der Waals surface area contributed by atoms with E-state index in [9.17, 15) is 48.3 Å². The number of urea groups is 1. The standard InChI is InChI=1S/C43H79N9O16.C2H6/c1-30(2)39(42(61)51-33(31(3)53)9-7-15-48-43(45)62)52-41(60)35(10-11-38(57)58)50-37(56)13-19-64-23-27-68-28-24-65-20-16-46-36(55)12-18-63-22-26-67-29-25-66-21-17-47-40(59)34(49-32(4)54)8-5-6-14-44;1-2/h30,33-35,39H,5-29,44H2,1-4H3,(H,46,55)(H,47,59)(H,49,54)(H,50,56)(H,51,61)(H,52,60)(H,57,58)(H3,45,48,62);1-2H3. The number of hydrogen-bond acceptors (Lipinski definition) is 16. The molecule has 8 amide bonds. The van der Waals surface area contributed by atoms with Crippen LogP contribution in [0.3, 0.4) is 0 Å². The second-order valence-electron chi connectivity index (χ2n) is 15.7. The van der Waals surface area contributed by atoms with Gasteiger partial charge in [0.15, 0.2) is 5.78 Å². The van der Waals surface area contributed by atoms with Crippen molar-refractivity contribution in [2.45, 2.75) is 123 Å². The van der Waals surface area contributed by atoms with Gasteiger partial charge in [-0.2, -0.15) is 0 Å². The van der Waals surface area contributed by atoms with Gasteiger partial charge in [-0.25, -0.2) is 4.79 Å². The van der Waals surface area contributed by atoms with Crippen LogP contribution in [0.1, 0.15) is 99.3 Å². The minimum absolute atomic E-state index is 0.0159. The van der Waals surface area contributed by atoms with Gasteiger partial charge in [-0.15, -0.1) is 0 Å². The van der Waals surface area contributed by atoms with E-state index in [1.165, 1.54) is 13.8 Å². The number of nitrogens with one attached hydrogen (secondary N) is 7. The molecule has 25 nitrogen and oxygen atoms in total. The van der Waals surface area contributed by atoms with Crippen molar-refractivity contribution in [3.05, 3.63) is 0 Å². The molecule has 406 valence electrons. The monoisotopic (exact) mass is 1010 g/mol. The summed E-state index contributed by atoms with van der Waals surface area (Å²) in [7, 11) is 0. The number of ketones is 1. The van der Waals surface area contributed by atoms with Gasteiger partial charge in [-0.1, -0.05) is 27.7 Å². The second kappa shape index (κ2) is 45.1. The fourth-order valence-corrected chi connectivity index (χ4v) is 5.89. The van der Waals surface area contributed by atoms with E-state index >= 15 is 0 Å². The lowest BCUT2D eigenvalue weighted by atomic mass is 10.0. The fraction of sp³-hybridized carbons (Fsp3) is 0.800. The van der Waals surface area contributed by atoms with E-state index in [4.69, 9.17) is 39.9 Å². The maximum absolute atomic E-state index is 13.2. The van der Waals surface area contributed by atoms with E-state index in [-0.39, 0.29) is 109 Å². The van der Waals surface area contributed by atoms with E-state index in [0.717, 1.165) is 12.8 Å². The number of Topliss-reactive ketones (excluding diaryl/α,β-unsaturated/α-hetero) is 1. The first-order chi connectivity index (χ1) is 33.5. The van der Waals surface area contributed by atoms with Crippen molar-refractivity contribution in [1.82, 2.24) is 37.2 Å². The van der Waals surface area contributed by atoms with Gasteiger partial charge in [0.2, 0.25) is 35.4 Å². The largest absolute Gasteiger partial charge is 0.481 e. The first kappa shape index (κ1) is 67.0. The summed E-state index contributed by atoms with van der Waals surface area (Å²) in [6.07, 6.45) is 1.92. The third-order valence-corrected chi connectivity index (χ3v) is 9.51. The lowest BCUT2D eigenvalue weighted by Gasteiger charge is -2.27. The number of rotatable bonds is 44. The van der Waals surface area contributed by atoms with Gasteiger partial charge in [0, 0.05) is 45.8 Å². The van der Waals surface area contributed by atoms with E-state index < -0.39 is 66.2 Å². The molecule has 0 aromatic rings. The summed E-state index contributed by atoms with van der Waals surface area (Å²) in [6, 6.07) is -4.59. The number of aliphatic carboxylic acids is 1. The number of carboxylic acid groups (broad SMARTS) is 1. The van der Waals surface area contributed by atoms with Crippen LogP contribution < -0.4 is 48.7 Å². The molecule has 0 aromatic heterocycles. The molecule has 70 heavy (non-hydrogen) atoms. The van der Waals surface area contributed by atoms with Gasteiger partial charge in [-0.05, 0) is 57.9 Å². The Hall–Kier alpha value is -5.05. The minimum atomic E-state index is -1.27. The molecule has 0 aliphatic rings. The number of unbranched alkanes of at least 4 members (excludes halogenated alkanes) is 1. The lowest BCUT2D eigenvalue weighted by molar-refractivity contribution is -0.138. The molecule has 4 atom stereocenters. The van der Waals surface area contributed by atoms with Gasteiger partial charge in [0.1, 0.15) is 18.1 Å².